The highest BCUT2D eigenvalue weighted by molar-refractivity contribution is 9.10. The van der Waals surface area contributed by atoms with Gasteiger partial charge in [-0.1, -0.05) is 34.1 Å². The molecule has 1 aromatic rings. The van der Waals surface area contributed by atoms with E-state index in [2.05, 4.69) is 15.9 Å². The summed E-state index contributed by atoms with van der Waals surface area (Å²) in [7, 11) is 0. The lowest BCUT2D eigenvalue weighted by Gasteiger charge is -2.17. The molecule has 0 saturated carbocycles. The van der Waals surface area contributed by atoms with E-state index in [0.717, 1.165) is 29.5 Å². The van der Waals surface area contributed by atoms with Crippen LogP contribution in [-0.4, -0.2) is 23.9 Å². The summed E-state index contributed by atoms with van der Waals surface area (Å²) < 4.78 is 6.52. The molecule has 1 aliphatic rings. The smallest absolute Gasteiger partial charge is 0.0842 e. The Bertz CT molecular complexity index is 321. The van der Waals surface area contributed by atoms with Crippen molar-refractivity contribution in [1.29, 1.82) is 0 Å². The van der Waals surface area contributed by atoms with E-state index in [1.807, 2.05) is 24.3 Å². The third kappa shape index (κ3) is 2.80. The number of benzene rings is 1. The van der Waals surface area contributed by atoms with Gasteiger partial charge in [0.15, 0.2) is 0 Å². The fourth-order valence-electron chi connectivity index (χ4n) is 1.93. The first kappa shape index (κ1) is 11.1. The maximum atomic E-state index is 9.98. The van der Waals surface area contributed by atoms with Crippen molar-refractivity contribution in [3.8, 4) is 0 Å². The van der Waals surface area contributed by atoms with Crippen molar-refractivity contribution < 1.29 is 9.84 Å². The molecular weight excluding hydrogens is 256 g/mol. The minimum atomic E-state index is -0.383. The van der Waals surface area contributed by atoms with Crippen LogP contribution >= 0.6 is 15.9 Å². The molecule has 2 unspecified atom stereocenters. The summed E-state index contributed by atoms with van der Waals surface area (Å²) in [6.07, 6.45) is 2.35. The Kier molecular flexibility index (Phi) is 3.78. The number of aliphatic hydroxyl groups is 1. The molecule has 1 fully saturated rings. The largest absolute Gasteiger partial charge is 0.390 e. The summed E-state index contributed by atoms with van der Waals surface area (Å²) in [5, 5.41) is 9.98. The van der Waals surface area contributed by atoms with Gasteiger partial charge in [0.05, 0.1) is 12.2 Å². The van der Waals surface area contributed by atoms with Crippen molar-refractivity contribution in [1.82, 2.24) is 0 Å². The molecule has 0 spiro atoms. The Morgan fingerprint density at radius 2 is 2.27 bits per heavy atom. The molecule has 2 nitrogen and oxygen atoms in total. The molecule has 0 amide bonds. The average Bonchev–Trinajstić information content (AvgIpc) is 2.74. The first-order valence-electron chi connectivity index (χ1n) is 5.30. The molecule has 0 aliphatic carbocycles. The third-order valence-electron chi connectivity index (χ3n) is 2.78. The van der Waals surface area contributed by atoms with Crippen LogP contribution < -0.4 is 0 Å². The second-order valence-electron chi connectivity index (χ2n) is 3.91. The number of ether oxygens (including phenoxy) is 1. The van der Waals surface area contributed by atoms with Crippen molar-refractivity contribution in [3.63, 3.8) is 0 Å². The molecule has 2 rings (SSSR count). The Balaban J connectivity index is 1.99. The molecule has 15 heavy (non-hydrogen) atoms. The van der Waals surface area contributed by atoms with Gasteiger partial charge in [-0.3, -0.25) is 0 Å². The molecular formula is C12H15BrO2. The van der Waals surface area contributed by atoms with Crippen LogP contribution in [-0.2, 0) is 11.2 Å². The summed E-state index contributed by atoms with van der Waals surface area (Å²) in [5.41, 5.74) is 1.14. The molecule has 1 heterocycles. The lowest BCUT2D eigenvalue weighted by atomic mass is 10.0. The molecule has 0 radical (unpaired) electrons. The summed E-state index contributed by atoms with van der Waals surface area (Å²) >= 11 is 3.48. The summed E-state index contributed by atoms with van der Waals surface area (Å²) in [5.74, 6) is 0. The summed E-state index contributed by atoms with van der Waals surface area (Å²) in [6.45, 7) is 0.789. The highest BCUT2D eigenvalue weighted by Crippen LogP contribution is 2.22. The molecule has 82 valence electrons. The normalized spacial score (nSPS) is 22.9. The van der Waals surface area contributed by atoms with Gasteiger partial charge in [-0.25, -0.2) is 0 Å². The molecule has 1 saturated heterocycles. The molecule has 1 aromatic carbocycles. The number of aliphatic hydroxyl groups excluding tert-OH is 1. The van der Waals surface area contributed by atoms with E-state index in [1.165, 1.54) is 0 Å². The molecule has 1 N–H and O–H groups in total. The van der Waals surface area contributed by atoms with E-state index < -0.39 is 0 Å². The number of halogens is 1. The summed E-state index contributed by atoms with van der Waals surface area (Å²) in [4.78, 5) is 0. The van der Waals surface area contributed by atoms with Gasteiger partial charge in [0.1, 0.15) is 0 Å². The zero-order chi connectivity index (χ0) is 10.7. The van der Waals surface area contributed by atoms with Crippen LogP contribution in [0, 0.1) is 0 Å². The Hall–Kier alpha value is -0.380. The van der Waals surface area contributed by atoms with Gasteiger partial charge in [0, 0.05) is 17.5 Å². The van der Waals surface area contributed by atoms with Gasteiger partial charge in [-0.2, -0.15) is 0 Å². The highest BCUT2D eigenvalue weighted by Gasteiger charge is 2.24. The Labute approximate surface area is 98.4 Å². The predicted molar refractivity (Wildman–Crippen MR) is 62.8 cm³/mol. The molecule has 2 atom stereocenters. The van der Waals surface area contributed by atoms with E-state index in [1.54, 1.807) is 0 Å². The van der Waals surface area contributed by atoms with Crippen LogP contribution in [0.25, 0.3) is 0 Å². The van der Waals surface area contributed by atoms with Crippen molar-refractivity contribution in [2.75, 3.05) is 6.61 Å². The minimum absolute atomic E-state index is 0.0251. The molecule has 3 heteroatoms. The zero-order valence-electron chi connectivity index (χ0n) is 8.53. The van der Waals surface area contributed by atoms with Crippen LogP contribution in [0.3, 0.4) is 0 Å². The van der Waals surface area contributed by atoms with Crippen molar-refractivity contribution in [3.05, 3.63) is 34.3 Å². The maximum absolute atomic E-state index is 9.98. The number of rotatable bonds is 3. The third-order valence-corrected chi connectivity index (χ3v) is 3.55. The van der Waals surface area contributed by atoms with E-state index >= 15 is 0 Å². The Morgan fingerprint density at radius 1 is 1.47 bits per heavy atom. The van der Waals surface area contributed by atoms with Crippen LogP contribution in [0.5, 0.6) is 0 Å². The van der Waals surface area contributed by atoms with Crippen LogP contribution in [0.4, 0.5) is 0 Å². The minimum Gasteiger partial charge on any atom is -0.390 e. The van der Waals surface area contributed by atoms with Crippen LogP contribution in [0.15, 0.2) is 28.7 Å². The van der Waals surface area contributed by atoms with Crippen molar-refractivity contribution in [2.24, 2.45) is 0 Å². The Morgan fingerprint density at radius 3 is 2.93 bits per heavy atom. The van der Waals surface area contributed by atoms with Gasteiger partial charge in [-0.15, -0.1) is 0 Å². The lowest BCUT2D eigenvalue weighted by molar-refractivity contribution is -0.000844. The maximum Gasteiger partial charge on any atom is 0.0842 e. The lowest BCUT2D eigenvalue weighted by Crippen LogP contribution is -2.27. The van der Waals surface area contributed by atoms with Gasteiger partial charge < -0.3 is 9.84 Å². The van der Waals surface area contributed by atoms with Gasteiger partial charge in [-0.05, 0) is 24.5 Å². The van der Waals surface area contributed by atoms with Gasteiger partial charge in [0.2, 0.25) is 0 Å². The van der Waals surface area contributed by atoms with Crippen molar-refractivity contribution >= 4 is 15.9 Å². The predicted octanol–water partition coefficient (Wildman–Crippen LogP) is 2.53. The molecule has 0 bridgehead atoms. The SMILES string of the molecule is OC(Cc1ccccc1Br)C1CCCO1. The standard InChI is InChI=1S/C12H15BrO2/c13-10-5-2-1-4-9(10)8-11(14)12-6-3-7-15-12/h1-2,4-5,11-12,14H,3,6-8H2. The first-order chi connectivity index (χ1) is 7.27. The fourth-order valence-corrected chi connectivity index (χ4v) is 2.37. The van der Waals surface area contributed by atoms with Crippen LogP contribution in [0.1, 0.15) is 18.4 Å². The topological polar surface area (TPSA) is 29.5 Å². The van der Waals surface area contributed by atoms with E-state index in [4.69, 9.17) is 4.74 Å². The van der Waals surface area contributed by atoms with E-state index in [0.29, 0.717) is 6.42 Å². The first-order valence-corrected chi connectivity index (χ1v) is 6.10. The fraction of sp³-hybridized carbons (Fsp3) is 0.500. The molecule has 1 aliphatic heterocycles. The number of hydrogen-bond donors (Lipinski definition) is 1. The highest BCUT2D eigenvalue weighted by atomic mass is 79.9. The van der Waals surface area contributed by atoms with Crippen molar-refractivity contribution in [2.45, 2.75) is 31.5 Å². The van der Waals surface area contributed by atoms with Crippen LogP contribution in [0.2, 0.25) is 0 Å². The van der Waals surface area contributed by atoms with E-state index in [9.17, 15) is 5.11 Å². The number of hydrogen-bond acceptors (Lipinski definition) is 2. The van der Waals surface area contributed by atoms with Gasteiger partial charge in [0.25, 0.3) is 0 Å². The zero-order valence-corrected chi connectivity index (χ0v) is 10.1. The second kappa shape index (κ2) is 5.10. The summed E-state index contributed by atoms with van der Waals surface area (Å²) in [6, 6.07) is 7.99. The van der Waals surface area contributed by atoms with Gasteiger partial charge >= 0.3 is 0 Å². The molecule has 0 aromatic heterocycles. The average molecular weight is 271 g/mol. The van der Waals surface area contributed by atoms with E-state index in [-0.39, 0.29) is 12.2 Å². The quantitative estimate of drug-likeness (QED) is 0.915. The second-order valence-corrected chi connectivity index (χ2v) is 4.77. The monoisotopic (exact) mass is 270 g/mol.